The maximum Gasteiger partial charge on any atom is 0.341 e. The lowest BCUT2D eigenvalue weighted by Gasteiger charge is -2.09. The molecule has 1 aromatic heterocycles. The van der Waals surface area contributed by atoms with Crippen LogP contribution >= 0.6 is 22.9 Å². The molecule has 6 nitrogen and oxygen atoms in total. The van der Waals surface area contributed by atoms with Crippen LogP contribution in [0.4, 0.5) is 9.39 Å². The van der Waals surface area contributed by atoms with E-state index in [4.69, 9.17) is 21.1 Å². The van der Waals surface area contributed by atoms with E-state index in [0.717, 1.165) is 23.5 Å². The number of carbonyl (C=O) groups excluding carboxylic acids is 3. The molecule has 0 aliphatic rings. The molecule has 0 aliphatic carbocycles. The zero-order chi connectivity index (χ0) is 20.1. The van der Waals surface area contributed by atoms with Crippen LogP contribution in [-0.2, 0) is 9.53 Å². The van der Waals surface area contributed by atoms with E-state index in [1.165, 1.54) is 13.0 Å². The number of Topliss-reactive ketones (excluding diaryl/α,β-unsaturated/α-hetero) is 1. The molecule has 0 fully saturated rings. The van der Waals surface area contributed by atoms with Gasteiger partial charge in [-0.3, -0.25) is 9.59 Å². The van der Waals surface area contributed by atoms with Gasteiger partial charge in [0.15, 0.2) is 12.4 Å². The molecule has 27 heavy (non-hydrogen) atoms. The zero-order valence-electron chi connectivity index (χ0n) is 14.9. The van der Waals surface area contributed by atoms with Gasteiger partial charge in [-0.2, -0.15) is 0 Å². The number of benzene rings is 1. The fourth-order valence-electron chi connectivity index (χ4n) is 2.28. The van der Waals surface area contributed by atoms with Crippen LogP contribution in [0.25, 0.3) is 0 Å². The van der Waals surface area contributed by atoms with Crippen molar-refractivity contribution < 1.29 is 28.2 Å². The van der Waals surface area contributed by atoms with E-state index in [-0.39, 0.29) is 33.7 Å². The van der Waals surface area contributed by atoms with E-state index in [1.807, 2.05) is 0 Å². The smallest absolute Gasteiger partial charge is 0.341 e. The molecular formula is C18H17ClFNO5S. The first-order valence-electron chi connectivity index (χ1n) is 7.93. The largest absolute Gasteiger partial charge is 0.482 e. The molecule has 0 bridgehead atoms. The van der Waals surface area contributed by atoms with Gasteiger partial charge in [-0.05, 0) is 44.5 Å². The first kappa shape index (κ1) is 20.9. The lowest BCUT2D eigenvalue weighted by atomic mass is 10.1. The molecule has 0 radical (unpaired) electrons. The third kappa shape index (κ3) is 5.05. The van der Waals surface area contributed by atoms with Crippen LogP contribution in [0.15, 0.2) is 18.2 Å². The summed E-state index contributed by atoms with van der Waals surface area (Å²) in [5.41, 5.74) is 0.587. The summed E-state index contributed by atoms with van der Waals surface area (Å²) in [4.78, 5) is 36.5. The Hall–Kier alpha value is -2.45. The molecular weight excluding hydrogens is 397 g/mol. The third-order valence-electron chi connectivity index (χ3n) is 3.45. The van der Waals surface area contributed by atoms with Gasteiger partial charge in [0, 0.05) is 0 Å². The summed E-state index contributed by atoms with van der Waals surface area (Å²) in [7, 11) is 0. The summed E-state index contributed by atoms with van der Waals surface area (Å²) in [6.45, 7) is 4.38. The van der Waals surface area contributed by atoms with Crippen molar-refractivity contribution in [1.29, 1.82) is 0 Å². The van der Waals surface area contributed by atoms with Crippen LogP contribution in [0, 0.1) is 12.7 Å². The summed E-state index contributed by atoms with van der Waals surface area (Å²) >= 11 is 6.83. The van der Waals surface area contributed by atoms with Crippen molar-refractivity contribution in [3.8, 4) is 5.75 Å². The summed E-state index contributed by atoms with van der Waals surface area (Å²) in [5.74, 6) is -1.81. The number of nitrogens with one attached hydrogen (secondary N) is 1. The van der Waals surface area contributed by atoms with E-state index in [1.54, 1.807) is 13.8 Å². The molecule has 1 amide bonds. The van der Waals surface area contributed by atoms with Crippen LogP contribution in [0.1, 0.15) is 39.4 Å². The molecule has 0 aliphatic heterocycles. The first-order chi connectivity index (χ1) is 12.7. The van der Waals surface area contributed by atoms with Crippen LogP contribution < -0.4 is 10.1 Å². The number of hydrogen-bond acceptors (Lipinski definition) is 6. The van der Waals surface area contributed by atoms with E-state index in [2.05, 4.69) is 5.32 Å². The maximum absolute atomic E-state index is 13.0. The van der Waals surface area contributed by atoms with Crippen LogP contribution in [0.3, 0.4) is 0 Å². The number of ether oxygens (including phenoxy) is 2. The first-order valence-corrected chi connectivity index (χ1v) is 9.13. The lowest BCUT2D eigenvalue weighted by molar-refractivity contribution is -0.118. The number of carbonyl (C=O) groups is 3. The average Bonchev–Trinajstić information content (AvgIpc) is 2.90. The molecule has 9 heteroatoms. The van der Waals surface area contributed by atoms with Crippen LogP contribution in [-0.4, -0.2) is 30.9 Å². The minimum atomic E-state index is -0.628. The van der Waals surface area contributed by atoms with Crippen molar-refractivity contribution in [2.24, 2.45) is 0 Å². The molecule has 1 heterocycles. The molecule has 0 atom stereocenters. The molecule has 0 spiro atoms. The monoisotopic (exact) mass is 413 g/mol. The highest BCUT2D eigenvalue weighted by Crippen LogP contribution is 2.34. The Kier molecular flexibility index (Phi) is 6.92. The predicted molar refractivity (Wildman–Crippen MR) is 101 cm³/mol. The Morgan fingerprint density at radius 3 is 2.59 bits per heavy atom. The van der Waals surface area contributed by atoms with Crippen molar-refractivity contribution >= 4 is 45.6 Å². The van der Waals surface area contributed by atoms with Gasteiger partial charge in [0.25, 0.3) is 5.91 Å². The number of thiophene rings is 1. The highest BCUT2D eigenvalue weighted by molar-refractivity contribution is 7.18. The second kappa shape index (κ2) is 8.96. The molecule has 2 rings (SSSR count). The summed E-state index contributed by atoms with van der Waals surface area (Å²) in [6, 6.07) is 3.52. The molecule has 0 saturated carbocycles. The van der Waals surface area contributed by atoms with Crippen molar-refractivity contribution in [3.63, 3.8) is 0 Å². The molecule has 0 unspecified atom stereocenters. The van der Waals surface area contributed by atoms with E-state index in [0.29, 0.717) is 10.4 Å². The summed E-state index contributed by atoms with van der Waals surface area (Å²) in [5, 5.41) is 2.78. The summed E-state index contributed by atoms with van der Waals surface area (Å²) < 4.78 is 23.3. The standard InChI is InChI=1S/C18H17ClFNO5S/c1-4-25-18(24)15-9(2)16(10(3)22)27-17(15)21-14(23)8-26-13-6-5-11(20)7-12(13)19/h5-7H,4,8H2,1-3H3,(H,21,23). The minimum Gasteiger partial charge on any atom is -0.482 e. The Morgan fingerprint density at radius 2 is 2.00 bits per heavy atom. The highest BCUT2D eigenvalue weighted by Gasteiger charge is 2.25. The number of rotatable bonds is 7. The Morgan fingerprint density at radius 1 is 1.30 bits per heavy atom. The Bertz CT molecular complexity index is 896. The maximum atomic E-state index is 13.0. The molecule has 1 aromatic carbocycles. The Balaban J connectivity index is 2.17. The quantitative estimate of drug-likeness (QED) is 0.542. The Labute approximate surface area is 164 Å². The molecule has 0 saturated heterocycles. The van der Waals surface area contributed by atoms with Gasteiger partial charge in [-0.1, -0.05) is 11.6 Å². The van der Waals surface area contributed by atoms with Crippen molar-refractivity contribution in [2.75, 3.05) is 18.5 Å². The van der Waals surface area contributed by atoms with Crippen molar-refractivity contribution in [1.82, 2.24) is 0 Å². The van der Waals surface area contributed by atoms with E-state index >= 15 is 0 Å². The van der Waals surface area contributed by atoms with Gasteiger partial charge in [0.2, 0.25) is 0 Å². The van der Waals surface area contributed by atoms with Gasteiger partial charge < -0.3 is 14.8 Å². The van der Waals surface area contributed by atoms with Gasteiger partial charge >= 0.3 is 5.97 Å². The van der Waals surface area contributed by atoms with E-state index < -0.39 is 24.3 Å². The molecule has 144 valence electrons. The number of esters is 1. The average molecular weight is 414 g/mol. The fraction of sp³-hybridized carbons (Fsp3) is 0.278. The minimum absolute atomic E-state index is 0.0286. The lowest BCUT2D eigenvalue weighted by Crippen LogP contribution is -2.21. The second-order valence-corrected chi connectivity index (χ2v) is 6.88. The van der Waals surface area contributed by atoms with Crippen LogP contribution in [0.2, 0.25) is 5.02 Å². The highest BCUT2D eigenvalue weighted by atomic mass is 35.5. The van der Waals surface area contributed by atoms with E-state index in [9.17, 15) is 18.8 Å². The normalized spacial score (nSPS) is 10.4. The number of ketones is 1. The SMILES string of the molecule is CCOC(=O)c1c(NC(=O)COc2ccc(F)cc2Cl)sc(C(C)=O)c1C. The topological polar surface area (TPSA) is 81.7 Å². The van der Waals surface area contributed by atoms with Gasteiger partial charge in [-0.25, -0.2) is 9.18 Å². The molecule has 2 aromatic rings. The van der Waals surface area contributed by atoms with Crippen LogP contribution in [0.5, 0.6) is 5.75 Å². The fourth-order valence-corrected chi connectivity index (χ4v) is 3.61. The predicted octanol–water partition coefficient (Wildman–Crippen LogP) is 4.25. The third-order valence-corrected chi connectivity index (χ3v) is 5.06. The van der Waals surface area contributed by atoms with Gasteiger partial charge in [-0.15, -0.1) is 11.3 Å². The second-order valence-electron chi connectivity index (χ2n) is 5.45. The number of amides is 1. The van der Waals surface area contributed by atoms with Crippen molar-refractivity contribution in [2.45, 2.75) is 20.8 Å². The number of halogens is 2. The number of hydrogen-bond donors (Lipinski definition) is 1. The summed E-state index contributed by atoms with van der Waals surface area (Å²) in [6.07, 6.45) is 0. The van der Waals surface area contributed by atoms with Gasteiger partial charge in [0.05, 0.1) is 22.1 Å². The number of anilines is 1. The zero-order valence-corrected chi connectivity index (χ0v) is 16.4. The van der Waals surface area contributed by atoms with Gasteiger partial charge in [0.1, 0.15) is 16.6 Å². The van der Waals surface area contributed by atoms with Crippen molar-refractivity contribution in [3.05, 3.63) is 45.0 Å². The molecule has 1 N–H and O–H groups in total.